The first-order chi connectivity index (χ1) is 8.41. The van der Waals surface area contributed by atoms with Gasteiger partial charge in [0.05, 0.1) is 12.5 Å². The normalized spacial score (nSPS) is 23.2. The second-order valence-electron chi connectivity index (χ2n) is 4.90. The number of hydrogen-bond donors (Lipinski definition) is 2. The highest BCUT2D eigenvalue weighted by molar-refractivity contribution is 5.86. The summed E-state index contributed by atoms with van der Waals surface area (Å²) in [5, 5.41) is 11.5. The molecule has 6 nitrogen and oxygen atoms in total. The standard InChI is InChI=1S/C12H20N2O4/c1-14(2)10(15)7-13-11(16)8-4-3-5-9(6-8)12(17)18/h8-9H,3-7H2,1-2H3,(H,13,16)(H,17,18). The summed E-state index contributed by atoms with van der Waals surface area (Å²) >= 11 is 0. The van der Waals surface area contributed by atoms with E-state index >= 15 is 0 Å². The van der Waals surface area contributed by atoms with Crippen LogP contribution in [-0.2, 0) is 14.4 Å². The first kappa shape index (κ1) is 14.5. The number of nitrogens with one attached hydrogen (secondary N) is 1. The molecule has 2 amide bonds. The highest BCUT2D eigenvalue weighted by Gasteiger charge is 2.31. The lowest BCUT2D eigenvalue weighted by molar-refractivity contribution is -0.144. The molecule has 1 aliphatic rings. The van der Waals surface area contributed by atoms with Crippen LogP contribution in [0.25, 0.3) is 0 Å². The number of rotatable bonds is 4. The monoisotopic (exact) mass is 256 g/mol. The van der Waals surface area contributed by atoms with Crippen molar-refractivity contribution < 1.29 is 19.5 Å². The van der Waals surface area contributed by atoms with E-state index in [1.54, 1.807) is 14.1 Å². The van der Waals surface area contributed by atoms with Crippen molar-refractivity contribution in [3.63, 3.8) is 0 Å². The molecule has 2 unspecified atom stereocenters. The maximum absolute atomic E-state index is 11.8. The van der Waals surface area contributed by atoms with Crippen LogP contribution in [0.3, 0.4) is 0 Å². The fourth-order valence-electron chi connectivity index (χ4n) is 2.12. The van der Waals surface area contributed by atoms with Gasteiger partial charge in [-0.05, 0) is 19.3 Å². The van der Waals surface area contributed by atoms with Crippen LogP contribution in [0.2, 0.25) is 0 Å². The van der Waals surface area contributed by atoms with Crippen molar-refractivity contribution in [2.45, 2.75) is 25.7 Å². The molecule has 1 aliphatic carbocycles. The van der Waals surface area contributed by atoms with Gasteiger partial charge < -0.3 is 15.3 Å². The highest BCUT2D eigenvalue weighted by Crippen LogP contribution is 2.29. The van der Waals surface area contributed by atoms with Crippen LogP contribution in [0.5, 0.6) is 0 Å². The summed E-state index contributed by atoms with van der Waals surface area (Å²) in [5.41, 5.74) is 0. The van der Waals surface area contributed by atoms with Crippen molar-refractivity contribution in [3.8, 4) is 0 Å². The van der Waals surface area contributed by atoms with Crippen LogP contribution in [-0.4, -0.2) is 48.4 Å². The van der Waals surface area contributed by atoms with Gasteiger partial charge in [-0.2, -0.15) is 0 Å². The molecule has 0 aromatic heterocycles. The first-order valence-electron chi connectivity index (χ1n) is 6.12. The average molecular weight is 256 g/mol. The molecular formula is C12H20N2O4. The topological polar surface area (TPSA) is 86.7 Å². The maximum Gasteiger partial charge on any atom is 0.306 e. The Hall–Kier alpha value is -1.59. The minimum atomic E-state index is -0.836. The minimum absolute atomic E-state index is 0.0277. The highest BCUT2D eigenvalue weighted by atomic mass is 16.4. The second kappa shape index (κ2) is 6.37. The largest absolute Gasteiger partial charge is 0.481 e. The number of nitrogens with zero attached hydrogens (tertiary/aromatic N) is 1. The average Bonchev–Trinajstić information content (AvgIpc) is 2.35. The van der Waals surface area contributed by atoms with Crippen molar-refractivity contribution in [1.29, 1.82) is 0 Å². The van der Waals surface area contributed by atoms with E-state index in [9.17, 15) is 14.4 Å². The smallest absolute Gasteiger partial charge is 0.306 e. The Balaban J connectivity index is 2.42. The van der Waals surface area contributed by atoms with Crippen LogP contribution in [0.4, 0.5) is 0 Å². The summed E-state index contributed by atoms with van der Waals surface area (Å²) in [6, 6.07) is 0. The number of likely N-dealkylation sites (N-methyl/N-ethyl adjacent to an activating group) is 1. The molecule has 0 bridgehead atoms. The van der Waals surface area contributed by atoms with Gasteiger partial charge in [-0.1, -0.05) is 6.42 Å². The van der Waals surface area contributed by atoms with Gasteiger partial charge >= 0.3 is 5.97 Å². The lowest BCUT2D eigenvalue weighted by atomic mass is 9.81. The van der Waals surface area contributed by atoms with Gasteiger partial charge in [-0.15, -0.1) is 0 Å². The fraction of sp³-hybridized carbons (Fsp3) is 0.750. The third-order valence-corrected chi connectivity index (χ3v) is 3.31. The Morgan fingerprint density at radius 2 is 1.83 bits per heavy atom. The van der Waals surface area contributed by atoms with Gasteiger partial charge in [0, 0.05) is 20.0 Å². The van der Waals surface area contributed by atoms with E-state index in [4.69, 9.17) is 5.11 Å². The molecule has 18 heavy (non-hydrogen) atoms. The number of aliphatic carboxylic acids is 1. The molecule has 2 N–H and O–H groups in total. The summed E-state index contributed by atoms with van der Waals surface area (Å²) in [6.07, 6.45) is 2.45. The molecule has 0 heterocycles. The number of carbonyl (C=O) groups excluding carboxylic acids is 2. The maximum atomic E-state index is 11.8. The lowest BCUT2D eigenvalue weighted by Crippen LogP contribution is -2.40. The van der Waals surface area contributed by atoms with Crippen molar-refractivity contribution >= 4 is 17.8 Å². The Morgan fingerprint density at radius 3 is 2.39 bits per heavy atom. The summed E-state index contributed by atoms with van der Waals surface area (Å²) in [4.78, 5) is 35.4. The second-order valence-corrected chi connectivity index (χ2v) is 4.90. The van der Waals surface area contributed by atoms with Crippen molar-refractivity contribution in [2.75, 3.05) is 20.6 Å². The Bertz CT molecular complexity index is 341. The molecule has 0 aromatic rings. The van der Waals surface area contributed by atoms with Gasteiger partial charge in [0.15, 0.2) is 0 Å². The summed E-state index contributed by atoms with van der Waals surface area (Å²) in [5.74, 6) is -1.93. The number of carboxylic acid groups (broad SMARTS) is 1. The van der Waals surface area contributed by atoms with Crippen LogP contribution in [0, 0.1) is 11.8 Å². The van der Waals surface area contributed by atoms with E-state index in [-0.39, 0.29) is 24.3 Å². The zero-order valence-corrected chi connectivity index (χ0v) is 10.8. The van der Waals surface area contributed by atoms with Crippen LogP contribution >= 0.6 is 0 Å². The zero-order chi connectivity index (χ0) is 13.7. The van der Waals surface area contributed by atoms with E-state index in [2.05, 4.69) is 5.32 Å². The van der Waals surface area contributed by atoms with Crippen LogP contribution < -0.4 is 5.32 Å². The van der Waals surface area contributed by atoms with E-state index in [1.807, 2.05) is 0 Å². The Labute approximate surface area is 106 Å². The van der Waals surface area contributed by atoms with Crippen molar-refractivity contribution in [1.82, 2.24) is 10.2 Å². The number of carbonyl (C=O) groups is 3. The molecule has 102 valence electrons. The Morgan fingerprint density at radius 1 is 1.22 bits per heavy atom. The molecule has 0 radical (unpaired) electrons. The first-order valence-corrected chi connectivity index (χ1v) is 6.12. The van der Waals surface area contributed by atoms with E-state index in [0.717, 1.165) is 6.42 Å². The Kier molecular flexibility index (Phi) is 5.12. The molecule has 1 rings (SSSR count). The predicted molar refractivity (Wildman–Crippen MR) is 64.8 cm³/mol. The SMILES string of the molecule is CN(C)C(=O)CNC(=O)C1CCCC(C(=O)O)C1. The summed E-state index contributed by atoms with van der Waals surface area (Å²) < 4.78 is 0. The fourth-order valence-corrected chi connectivity index (χ4v) is 2.12. The summed E-state index contributed by atoms with van der Waals surface area (Å²) in [6.45, 7) is -0.0277. The van der Waals surface area contributed by atoms with Gasteiger partial charge in [0.2, 0.25) is 11.8 Å². The van der Waals surface area contributed by atoms with Gasteiger partial charge in [-0.25, -0.2) is 0 Å². The number of amides is 2. The molecule has 6 heteroatoms. The van der Waals surface area contributed by atoms with Gasteiger partial charge in [0.1, 0.15) is 0 Å². The van der Waals surface area contributed by atoms with E-state index < -0.39 is 11.9 Å². The lowest BCUT2D eigenvalue weighted by Gasteiger charge is -2.25. The van der Waals surface area contributed by atoms with Crippen molar-refractivity contribution in [2.24, 2.45) is 11.8 Å². The third kappa shape index (κ3) is 4.01. The van der Waals surface area contributed by atoms with Crippen LogP contribution in [0.15, 0.2) is 0 Å². The minimum Gasteiger partial charge on any atom is -0.481 e. The molecule has 2 atom stereocenters. The van der Waals surface area contributed by atoms with Crippen molar-refractivity contribution in [3.05, 3.63) is 0 Å². The summed E-state index contributed by atoms with van der Waals surface area (Å²) in [7, 11) is 3.24. The molecule has 0 spiro atoms. The van der Waals surface area contributed by atoms with Gasteiger partial charge in [0.25, 0.3) is 0 Å². The quantitative estimate of drug-likeness (QED) is 0.746. The van der Waals surface area contributed by atoms with E-state index in [0.29, 0.717) is 19.3 Å². The van der Waals surface area contributed by atoms with E-state index in [1.165, 1.54) is 4.90 Å². The van der Waals surface area contributed by atoms with Gasteiger partial charge in [-0.3, -0.25) is 14.4 Å². The molecule has 1 fully saturated rings. The van der Waals surface area contributed by atoms with Crippen LogP contribution in [0.1, 0.15) is 25.7 Å². The third-order valence-electron chi connectivity index (χ3n) is 3.31. The molecule has 0 aliphatic heterocycles. The zero-order valence-electron chi connectivity index (χ0n) is 10.8. The molecule has 0 saturated heterocycles. The predicted octanol–water partition coefficient (Wildman–Crippen LogP) is 0.0818. The number of hydrogen-bond acceptors (Lipinski definition) is 3. The number of carboxylic acids is 1. The molecule has 1 saturated carbocycles. The molecule has 0 aromatic carbocycles. The molecular weight excluding hydrogens is 236 g/mol.